The number of nitrogens with one attached hydrogen (secondary N) is 1. The van der Waals surface area contributed by atoms with Crippen LogP contribution in [0.4, 0.5) is 0 Å². The summed E-state index contributed by atoms with van der Waals surface area (Å²) in [4.78, 5) is 4.46. The standard InChI is InChI=1S/C12H21N3OS/c1-13-6-2-3-12-14-11(15-16-12)9-10-4-7-17-8-5-10/h10,13H,2-9H2,1H3. The Labute approximate surface area is 107 Å². The van der Waals surface area contributed by atoms with Gasteiger partial charge in [-0.1, -0.05) is 5.16 Å². The summed E-state index contributed by atoms with van der Waals surface area (Å²) >= 11 is 2.06. The van der Waals surface area contributed by atoms with Crippen molar-refractivity contribution in [3.05, 3.63) is 11.7 Å². The zero-order valence-electron chi connectivity index (χ0n) is 10.4. The van der Waals surface area contributed by atoms with Crippen LogP contribution in [-0.4, -0.2) is 35.2 Å². The lowest BCUT2D eigenvalue weighted by molar-refractivity contribution is 0.364. The highest BCUT2D eigenvalue weighted by Gasteiger charge is 2.17. The predicted molar refractivity (Wildman–Crippen MR) is 70.3 cm³/mol. The van der Waals surface area contributed by atoms with Crippen molar-refractivity contribution in [2.75, 3.05) is 25.1 Å². The van der Waals surface area contributed by atoms with Gasteiger partial charge in [-0.25, -0.2) is 0 Å². The van der Waals surface area contributed by atoms with E-state index >= 15 is 0 Å². The number of thioether (sulfide) groups is 1. The highest BCUT2D eigenvalue weighted by atomic mass is 32.2. The molecule has 1 N–H and O–H groups in total. The molecule has 5 heteroatoms. The molecule has 2 heterocycles. The minimum atomic E-state index is 0.763. The number of hydrogen-bond acceptors (Lipinski definition) is 5. The van der Waals surface area contributed by atoms with Gasteiger partial charge in [-0.15, -0.1) is 0 Å². The topological polar surface area (TPSA) is 51.0 Å². The van der Waals surface area contributed by atoms with Gasteiger partial charge >= 0.3 is 0 Å². The van der Waals surface area contributed by atoms with Crippen LogP contribution in [-0.2, 0) is 12.8 Å². The summed E-state index contributed by atoms with van der Waals surface area (Å²) < 4.78 is 5.26. The van der Waals surface area contributed by atoms with Gasteiger partial charge in [0.05, 0.1) is 0 Å². The van der Waals surface area contributed by atoms with Crippen LogP contribution in [0.25, 0.3) is 0 Å². The SMILES string of the molecule is CNCCCc1nc(CC2CCSCC2)no1. The van der Waals surface area contributed by atoms with Crippen LogP contribution in [0.1, 0.15) is 31.0 Å². The molecule has 96 valence electrons. The summed E-state index contributed by atoms with van der Waals surface area (Å²) in [5.74, 6) is 5.04. The van der Waals surface area contributed by atoms with E-state index in [0.717, 1.165) is 43.4 Å². The minimum Gasteiger partial charge on any atom is -0.339 e. The van der Waals surface area contributed by atoms with Crippen molar-refractivity contribution in [2.24, 2.45) is 5.92 Å². The van der Waals surface area contributed by atoms with Gasteiger partial charge in [0.15, 0.2) is 5.82 Å². The molecule has 0 aliphatic carbocycles. The van der Waals surface area contributed by atoms with Crippen molar-refractivity contribution in [3.63, 3.8) is 0 Å². The van der Waals surface area contributed by atoms with E-state index in [1.54, 1.807) is 0 Å². The molecular formula is C12H21N3OS. The number of aromatic nitrogens is 2. The lowest BCUT2D eigenvalue weighted by atomic mass is 9.99. The molecule has 17 heavy (non-hydrogen) atoms. The summed E-state index contributed by atoms with van der Waals surface area (Å²) in [6.45, 7) is 0.998. The van der Waals surface area contributed by atoms with Gasteiger partial charge < -0.3 is 9.84 Å². The maximum absolute atomic E-state index is 5.26. The van der Waals surface area contributed by atoms with Crippen molar-refractivity contribution < 1.29 is 4.52 Å². The molecule has 4 nitrogen and oxygen atoms in total. The molecule has 1 aromatic rings. The van der Waals surface area contributed by atoms with Gasteiger partial charge in [0, 0.05) is 12.8 Å². The van der Waals surface area contributed by atoms with Crippen molar-refractivity contribution in [1.82, 2.24) is 15.5 Å². The van der Waals surface area contributed by atoms with E-state index in [1.165, 1.54) is 24.3 Å². The predicted octanol–water partition coefficient (Wildman–Crippen LogP) is 1.91. The third-order valence-corrected chi connectivity index (χ3v) is 4.19. The Morgan fingerprint density at radius 1 is 1.41 bits per heavy atom. The van der Waals surface area contributed by atoms with Crippen LogP contribution < -0.4 is 5.32 Å². The lowest BCUT2D eigenvalue weighted by Crippen LogP contribution is -2.13. The van der Waals surface area contributed by atoms with Gasteiger partial charge in [0.25, 0.3) is 0 Å². The molecule has 0 saturated carbocycles. The summed E-state index contributed by atoms with van der Waals surface area (Å²) in [6, 6.07) is 0. The molecule has 0 spiro atoms. The van der Waals surface area contributed by atoms with Crippen LogP contribution in [0.15, 0.2) is 4.52 Å². The molecule has 1 fully saturated rings. The molecule has 0 unspecified atom stereocenters. The van der Waals surface area contributed by atoms with Crippen LogP contribution in [0.3, 0.4) is 0 Å². The zero-order chi connectivity index (χ0) is 11.9. The van der Waals surface area contributed by atoms with Gasteiger partial charge in [0.2, 0.25) is 5.89 Å². The fraction of sp³-hybridized carbons (Fsp3) is 0.833. The molecule has 1 aromatic heterocycles. The third kappa shape index (κ3) is 4.32. The fourth-order valence-corrected chi connectivity index (χ4v) is 3.30. The first-order valence-electron chi connectivity index (χ1n) is 6.42. The second-order valence-electron chi connectivity index (χ2n) is 4.57. The Bertz CT molecular complexity index is 323. The Hall–Kier alpha value is -0.550. The number of nitrogens with zero attached hydrogens (tertiary/aromatic N) is 2. The van der Waals surface area contributed by atoms with Crippen LogP contribution >= 0.6 is 11.8 Å². The highest BCUT2D eigenvalue weighted by molar-refractivity contribution is 7.99. The molecule has 1 saturated heterocycles. The fourth-order valence-electron chi connectivity index (χ4n) is 2.10. The minimum absolute atomic E-state index is 0.763. The van der Waals surface area contributed by atoms with Crippen molar-refractivity contribution in [3.8, 4) is 0 Å². The van der Waals surface area contributed by atoms with Crippen LogP contribution in [0.5, 0.6) is 0 Å². The number of aryl methyl sites for hydroxylation is 1. The van der Waals surface area contributed by atoms with Crippen LogP contribution in [0.2, 0.25) is 0 Å². The average Bonchev–Trinajstić information content (AvgIpc) is 2.79. The van der Waals surface area contributed by atoms with Gasteiger partial charge in [-0.05, 0) is 50.3 Å². The second kappa shape index (κ2) is 7.01. The normalized spacial score (nSPS) is 17.5. The Balaban J connectivity index is 1.76. The molecule has 2 rings (SSSR count). The summed E-state index contributed by atoms with van der Waals surface area (Å²) in [5.41, 5.74) is 0. The first kappa shape index (κ1) is 12.9. The van der Waals surface area contributed by atoms with E-state index in [2.05, 4.69) is 27.2 Å². The Morgan fingerprint density at radius 2 is 2.24 bits per heavy atom. The maximum atomic E-state index is 5.26. The number of hydrogen-bond donors (Lipinski definition) is 1. The number of rotatable bonds is 6. The largest absolute Gasteiger partial charge is 0.339 e. The average molecular weight is 255 g/mol. The van der Waals surface area contributed by atoms with E-state index in [0.29, 0.717) is 0 Å². The smallest absolute Gasteiger partial charge is 0.226 e. The molecule has 0 atom stereocenters. The van der Waals surface area contributed by atoms with E-state index in [-0.39, 0.29) is 0 Å². The first-order valence-corrected chi connectivity index (χ1v) is 7.57. The highest BCUT2D eigenvalue weighted by Crippen LogP contribution is 2.25. The lowest BCUT2D eigenvalue weighted by Gasteiger charge is -2.19. The van der Waals surface area contributed by atoms with E-state index in [1.807, 2.05) is 7.05 Å². The molecule has 0 amide bonds. The Morgan fingerprint density at radius 3 is 3.00 bits per heavy atom. The van der Waals surface area contributed by atoms with E-state index in [4.69, 9.17) is 4.52 Å². The summed E-state index contributed by atoms with van der Waals surface area (Å²) in [5, 5.41) is 7.19. The van der Waals surface area contributed by atoms with Gasteiger partial charge in [-0.2, -0.15) is 16.7 Å². The first-order chi connectivity index (χ1) is 8.38. The van der Waals surface area contributed by atoms with Crippen molar-refractivity contribution in [2.45, 2.75) is 32.1 Å². The van der Waals surface area contributed by atoms with Gasteiger partial charge in [-0.3, -0.25) is 0 Å². The Kier molecular flexibility index (Phi) is 5.32. The molecule has 0 bridgehead atoms. The van der Waals surface area contributed by atoms with E-state index < -0.39 is 0 Å². The van der Waals surface area contributed by atoms with Crippen molar-refractivity contribution >= 4 is 11.8 Å². The molecular weight excluding hydrogens is 234 g/mol. The molecule has 0 aromatic carbocycles. The zero-order valence-corrected chi connectivity index (χ0v) is 11.3. The monoisotopic (exact) mass is 255 g/mol. The van der Waals surface area contributed by atoms with Crippen LogP contribution in [0, 0.1) is 5.92 Å². The quantitative estimate of drug-likeness (QED) is 0.787. The molecule has 1 aliphatic heterocycles. The molecule has 0 radical (unpaired) electrons. The second-order valence-corrected chi connectivity index (χ2v) is 5.80. The van der Waals surface area contributed by atoms with Crippen molar-refractivity contribution in [1.29, 1.82) is 0 Å². The maximum Gasteiger partial charge on any atom is 0.226 e. The summed E-state index contributed by atoms with van der Waals surface area (Å²) in [7, 11) is 1.96. The third-order valence-electron chi connectivity index (χ3n) is 3.14. The van der Waals surface area contributed by atoms with Gasteiger partial charge in [0.1, 0.15) is 0 Å². The van der Waals surface area contributed by atoms with E-state index in [9.17, 15) is 0 Å². The molecule has 1 aliphatic rings. The summed E-state index contributed by atoms with van der Waals surface area (Å²) in [6.07, 6.45) is 5.53.